The van der Waals surface area contributed by atoms with Gasteiger partial charge in [-0.25, -0.2) is 4.39 Å². The summed E-state index contributed by atoms with van der Waals surface area (Å²) in [6.45, 7) is 2.44. The number of benzene rings is 2. The lowest BCUT2D eigenvalue weighted by Gasteiger charge is -2.20. The molecule has 1 heterocycles. The first-order chi connectivity index (χ1) is 12.2. The summed E-state index contributed by atoms with van der Waals surface area (Å²) in [7, 11) is 3.54. The van der Waals surface area contributed by atoms with Gasteiger partial charge < -0.3 is 9.47 Å². The summed E-state index contributed by atoms with van der Waals surface area (Å²) in [5.41, 5.74) is 3.38. The Hall–Kier alpha value is -2.04. The molecule has 0 aromatic heterocycles. The van der Waals surface area contributed by atoms with E-state index < -0.39 is 0 Å². The van der Waals surface area contributed by atoms with E-state index in [-0.39, 0.29) is 24.0 Å². The molecule has 0 spiro atoms. The fourth-order valence-electron chi connectivity index (χ4n) is 3.01. The third kappa shape index (κ3) is 5.23. The van der Waals surface area contributed by atoms with E-state index >= 15 is 0 Å². The summed E-state index contributed by atoms with van der Waals surface area (Å²) >= 11 is 0. The van der Waals surface area contributed by atoms with Gasteiger partial charge in [-0.3, -0.25) is 4.90 Å². The standard InChI is InChI=1S/C21H24FNO2.ClH/c1-23(11-3-5-16-8-10-20(24-2)19(22)13-16)15-17-7-9-18-6-4-12-25-21(18)14-17;/h3,5,7-10,13-14H,4,6,11-12,15H2,1-2H3;1H/b5-3+;. The average Bonchev–Trinajstić information content (AvgIpc) is 2.62. The minimum Gasteiger partial charge on any atom is -0.494 e. The van der Waals surface area contributed by atoms with Gasteiger partial charge in [0.15, 0.2) is 11.6 Å². The van der Waals surface area contributed by atoms with E-state index in [4.69, 9.17) is 9.47 Å². The maximum Gasteiger partial charge on any atom is 0.165 e. The normalized spacial score (nSPS) is 13.2. The molecule has 1 aliphatic rings. The van der Waals surface area contributed by atoms with Crippen molar-refractivity contribution in [3.63, 3.8) is 0 Å². The van der Waals surface area contributed by atoms with Crippen LogP contribution in [-0.2, 0) is 13.0 Å². The largest absolute Gasteiger partial charge is 0.494 e. The molecule has 26 heavy (non-hydrogen) atoms. The molecule has 3 rings (SSSR count). The minimum atomic E-state index is -0.341. The summed E-state index contributed by atoms with van der Waals surface area (Å²) in [5.74, 6) is 0.956. The van der Waals surface area contributed by atoms with Crippen molar-refractivity contribution in [1.82, 2.24) is 4.90 Å². The second-order valence-corrected chi connectivity index (χ2v) is 6.39. The number of aryl methyl sites for hydroxylation is 1. The van der Waals surface area contributed by atoms with Crippen LogP contribution in [0.3, 0.4) is 0 Å². The van der Waals surface area contributed by atoms with Gasteiger partial charge in [-0.1, -0.05) is 30.4 Å². The summed E-state index contributed by atoms with van der Waals surface area (Å²) in [4.78, 5) is 2.21. The molecule has 3 nitrogen and oxygen atoms in total. The Kier molecular flexibility index (Phi) is 7.49. The zero-order chi connectivity index (χ0) is 17.6. The molecule has 2 aromatic rings. The van der Waals surface area contributed by atoms with Crippen molar-refractivity contribution in [2.45, 2.75) is 19.4 Å². The average molecular weight is 378 g/mol. The molecule has 0 unspecified atom stereocenters. The predicted molar refractivity (Wildman–Crippen MR) is 106 cm³/mol. The molecule has 0 saturated heterocycles. The highest BCUT2D eigenvalue weighted by molar-refractivity contribution is 5.85. The van der Waals surface area contributed by atoms with Crippen molar-refractivity contribution >= 4 is 18.5 Å². The van der Waals surface area contributed by atoms with Gasteiger partial charge in [-0.2, -0.15) is 0 Å². The molecule has 1 aliphatic heterocycles. The molecule has 0 amide bonds. The molecule has 0 N–H and O–H groups in total. The zero-order valence-electron chi connectivity index (χ0n) is 15.2. The molecule has 140 valence electrons. The number of nitrogens with zero attached hydrogens (tertiary/aromatic N) is 1. The molecule has 0 aliphatic carbocycles. The van der Waals surface area contributed by atoms with Gasteiger partial charge in [0, 0.05) is 13.1 Å². The molecular formula is C21H25ClFNO2. The Morgan fingerprint density at radius 1 is 1.23 bits per heavy atom. The van der Waals surface area contributed by atoms with E-state index in [0.29, 0.717) is 0 Å². The Morgan fingerprint density at radius 3 is 2.85 bits per heavy atom. The van der Waals surface area contributed by atoms with E-state index in [2.05, 4.69) is 30.1 Å². The minimum absolute atomic E-state index is 0. The van der Waals surface area contributed by atoms with Crippen molar-refractivity contribution in [1.29, 1.82) is 0 Å². The number of likely N-dealkylation sites (N-methyl/N-ethyl adjacent to an activating group) is 1. The van der Waals surface area contributed by atoms with E-state index in [1.807, 2.05) is 18.2 Å². The first kappa shape index (κ1) is 20.3. The van der Waals surface area contributed by atoms with E-state index in [0.717, 1.165) is 43.9 Å². The molecule has 0 atom stereocenters. The van der Waals surface area contributed by atoms with Crippen LogP contribution < -0.4 is 9.47 Å². The number of hydrogen-bond acceptors (Lipinski definition) is 3. The first-order valence-electron chi connectivity index (χ1n) is 8.59. The van der Waals surface area contributed by atoms with E-state index in [1.54, 1.807) is 6.07 Å². The number of ether oxygens (including phenoxy) is 2. The Balaban J connectivity index is 0.00000243. The Morgan fingerprint density at radius 2 is 2.08 bits per heavy atom. The molecule has 0 radical (unpaired) electrons. The monoisotopic (exact) mass is 377 g/mol. The van der Waals surface area contributed by atoms with E-state index in [9.17, 15) is 4.39 Å². The van der Waals surface area contributed by atoms with Gasteiger partial charge in [-0.05, 0) is 54.8 Å². The van der Waals surface area contributed by atoms with Crippen LogP contribution in [0.25, 0.3) is 6.08 Å². The molecule has 0 fully saturated rings. The van der Waals surface area contributed by atoms with Crippen LogP contribution >= 0.6 is 12.4 Å². The van der Waals surface area contributed by atoms with Crippen LogP contribution in [0.2, 0.25) is 0 Å². The maximum absolute atomic E-state index is 13.7. The topological polar surface area (TPSA) is 21.7 Å². The van der Waals surface area contributed by atoms with Gasteiger partial charge >= 0.3 is 0 Å². The molecule has 0 saturated carbocycles. The molecule has 5 heteroatoms. The Labute approximate surface area is 160 Å². The van der Waals surface area contributed by atoms with Crippen molar-refractivity contribution in [2.75, 3.05) is 27.3 Å². The lowest BCUT2D eigenvalue weighted by molar-refractivity contribution is 0.287. The third-order valence-electron chi connectivity index (χ3n) is 4.34. The van der Waals surface area contributed by atoms with Crippen LogP contribution in [0, 0.1) is 5.82 Å². The van der Waals surface area contributed by atoms with Crippen LogP contribution in [-0.4, -0.2) is 32.2 Å². The number of halogens is 2. The fraction of sp³-hybridized carbons (Fsp3) is 0.333. The predicted octanol–water partition coefficient (Wildman–Crippen LogP) is 4.73. The van der Waals surface area contributed by atoms with Crippen LogP contribution in [0.1, 0.15) is 23.1 Å². The summed E-state index contributed by atoms with van der Waals surface area (Å²) in [6, 6.07) is 11.5. The van der Waals surface area contributed by atoms with Crippen molar-refractivity contribution in [3.8, 4) is 11.5 Å². The number of rotatable bonds is 6. The molecule has 0 bridgehead atoms. The highest BCUT2D eigenvalue weighted by Gasteiger charge is 2.11. The van der Waals surface area contributed by atoms with Crippen LogP contribution in [0.4, 0.5) is 4.39 Å². The van der Waals surface area contributed by atoms with Crippen molar-refractivity contribution in [3.05, 3.63) is 65.0 Å². The lowest BCUT2D eigenvalue weighted by atomic mass is 10.0. The first-order valence-corrected chi connectivity index (χ1v) is 8.59. The Bertz CT molecular complexity index is 764. The van der Waals surface area contributed by atoms with Gasteiger partial charge in [0.05, 0.1) is 13.7 Å². The third-order valence-corrected chi connectivity index (χ3v) is 4.34. The highest BCUT2D eigenvalue weighted by Crippen LogP contribution is 2.26. The van der Waals surface area contributed by atoms with E-state index in [1.165, 1.54) is 24.3 Å². The zero-order valence-corrected chi connectivity index (χ0v) is 16.0. The summed E-state index contributed by atoms with van der Waals surface area (Å²) in [6.07, 6.45) is 6.17. The van der Waals surface area contributed by atoms with Gasteiger partial charge in [0.2, 0.25) is 0 Å². The van der Waals surface area contributed by atoms with Crippen molar-refractivity contribution in [2.24, 2.45) is 0 Å². The van der Waals surface area contributed by atoms with Crippen molar-refractivity contribution < 1.29 is 13.9 Å². The summed E-state index contributed by atoms with van der Waals surface area (Å²) < 4.78 is 24.3. The second kappa shape index (κ2) is 9.60. The maximum atomic E-state index is 13.7. The molecular weight excluding hydrogens is 353 g/mol. The quantitative estimate of drug-likeness (QED) is 0.726. The second-order valence-electron chi connectivity index (χ2n) is 6.39. The molecule has 2 aromatic carbocycles. The van der Waals surface area contributed by atoms with Crippen LogP contribution in [0.15, 0.2) is 42.5 Å². The smallest absolute Gasteiger partial charge is 0.165 e. The number of fused-ring (bicyclic) bond motifs is 1. The van der Waals surface area contributed by atoms with Crippen LogP contribution in [0.5, 0.6) is 11.5 Å². The highest BCUT2D eigenvalue weighted by atomic mass is 35.5. The van der Waals surface area contributed by atoms with Gasteiger partial charge in [0.25, 0.3) is 0 Å². The lowest BCUT2D eigenvalue weighted by Crippen LogP contribution is -2.18. The fourth-order valence-corrected chi connectivity index (χ4v) is 3.01. The summed E-state index contributed by atoms with van der Waals surface area (Å²) in [5, 5.41) is 0. The number of hydrogen-bond donors (Lipinski definition) is 0. The van der Waals surface area contributed by atoms with Gasteiger partial charge in [-0.15, -0.1) is 12.4 Å². The number of methoxy groups -OCH3 is 1. The SMILES string of the molecule is COc1ccc(/C=C/CN(C)Cc2ccc3c(c2)OCCC3)cc1F.Cl. The van der Waals surface area contributed by atoms with Gasteiger partial charge in [0.1, 0.15) is 5.75 Å².